The molecule has 1 aliphatic heterocycles. The Morgan fingerprint density at radius 3 is 2.54 bits per heavy atom. The quantitative estimate of drug-likeness (QED) is 0.302. The smallest absolute Gasteiger partial charge is 0.311 e. The van der Waals surface area contributed by atoms with Gasteiger partial charge < -0.3 is 10.1 Å². The van der Waals surface area contributed by atoms with Gasteiger partial charge in [-0.3, -0.25) is 39.7 Å². The van der Waals surface area contributed by atoms with Crippen LogP contribution in [0.3, 0.4) is 0 Å². The molecule has 178 valence electrons. The summed E-state index contributed by atoms with van der Waals surface area (Å²) < 4.78 is 5.08. The Morgan fingerprint density at radius 1 is 1.03 bits per heavy atom. The number of ether oxygens (including phenoxy) is 1. The summed E-state index contributed by atoms with van der Waals surface area (Å²) in [4.78, 5) is 59.9. The second-order valence-electron chi connectivity index (χ2n) is 7.80. The van der Waals surface area contributed by atoms with Crippen LogP contribution in [0.15, 0.2) is 66.7 Å². The fourth-order valence-electron chi connectivity index (χ4n) is 3.76. The van der Waals surface area contributed by atoms with E-state index in [1.807, 2.05) is 30.3 Å². The number of hydrazine groups is 1. The number of esters is 1. The first-order valence-electron chi connectivity index (χ1n) is 10.6. The predicted molar refractivity (Wildman–Crippen MR) is 124 cm³/mol. The third-order valence-electron chi connectivity index (χ3n) is 5.45. The van der Waals surface area contributed by atoms with Crippen molar-refractivity contribution in [2.75, 3.05) is 18.5 Å². The molecule has 1 fully saturated rings. The second-order valence-corrected chi connectivity index (χ2v) is 7.80. The number of para-hydroxylation sites is 1. The Kier molecular flexibility index (Phi) is 6.67. The molecule has 2 N–H and O–H groups in total. The zero-order chi connectivity index (χ0) is 24.9. The first-order valence-corrected chi connectivity index (χ1v) is 10.6. The molecule has 0 radical (unpaired) electrons. The van der Waals surface area contributed by atoms with E-state index in [1.54, 1.807) is 12.1 Å². The SMILES string of the molecule is O=C(COC(=O)[C@@H]1CC(=O)N(NC(=O)c2ccccc2[N+](=O)[O-])C1)Nc1cccc2ccccc12. The van der Waals surface area contributed by atoms with Gasteiger partial charge in [0.2, 0.25) is 5.91 Å². The Morgan fingerprint density at radius 2 is 1.74 bits per heavy atom. The van der Waals surface area contributed by atoms with Crippen LogP contribution in [0.25, 0.3) is 10.8 Å². The number of amides is 3. The number of nitro benzene ring substituents is 1. The van der Waals surface area contributed by atoms with E-state index in [4.69, 9.17) is 4.74 Å². The number of carbonyl (C=O) groups excluding carboxylic acids is 4. The number of benzene rings is 3. The van der Waals surface area contributed by atoms with Gasteiger partial charge in [-0.15, -0.1) is 0 Å². The van der Waals surface area contributed by atoms with Gasteiger partial charge in [-0.2, -0.15) is 0 Å². The fraction of sp³-hybridized carbons (Fsp3) is 0.167. The molecule has 11 nitrogen and oxygen atoms in total. The highest BCUT2D eigenvalue weighted by Crippen LogP contribution is 2.23. The van der Waals surface area contributed by atoms with Crippen LogP contribution in [-0.4, -0.2) is 46.8 Å². The summed E-state index contributed by atoms with van der Waals surface area (Å²) in [5.74, 6) is -3.62. The number of nitrogens with zero attached hydrogens (tertiary/aromatic N) is 2. The number of hydrogen-bond acceptors (Lipinski definition) is 7. The molecular formula is C24H20N4O7. The zero-order valence-electron chi connectivity index (χ0n) is 18.3. The number of anilines is 1. The number of hydrogen-bond donors (Lipinski definition) is 2. The van der Waals surface area contributed by atoms with Crippen molar-refractivity contribution < 1.29 is 28.8 Å². The summed E-state index contributed by atoms with van der Waals surface area (Å²) in [6, 6.07) is 18.2. The minimum absolute atomic E-state index is 0.186. The summed E-state index contributed by atoms with van der Waals surface area (Å²) in [5, 5.41) is 16.5. The predicted octanol–water partition coefficient (Wildman–Crippen LogP) is 2.42. The maximum atomic E-state index is 12.5. The highest BCUT2D eigenvalue weighted by Gasteiger charge is 2.37. The molecule has 1 aliphatic rings. The van der Waals surface area contributed by atoms with Crippen LogP contribution in [0.4, 0.5) is 11.4 Å². The minimum atomic E-state index is -0.904. The average molecular weight is 476 g/mol. The molecule has 1 saturated heterocycles. The lowest BCUT2D eigenvalue weighted by Crippen LogP contribution is -2.43. The number of nitro groups is 1. The molecule has 0 unspecified atom stereocenters. The van der Waals surface area contributed by atoms with Gasteiger partial charge in [0, 0.05) is 23.6 Å². The number of carbonyl (C=O) groups is 4. The van der Waals surface area contributed by atoms with Gasteiger partial charge in [0.15, 0.2) is 6.61 Å². The van der Waals surface area contributed by atoms with Crippen molar-refractivity contribution in [3.05, 3.63) is 82.4 Å². The standard InChI is InChI=1S/C24H20N4O7/c29-21(25-19-10-5-7-15-6-1-2-8-17(15)19)14-35-24(32)16-12-22(30)27(13-16)26-23(31)18-9-3-4-11-20(18)28(33)34/h1-11,16H,12-14H2,(H,25,29)(H,26,31)/t16-/m1/s1. The van der Waals surface area contributed by atoms with E-state index < -0.39 is 46.8 Å². The van der Waals surface area contributed by atoms with Crippen molar-refractivity contribution in [2.24, 2.45) is 5.92 Å². The highest BCUT2D eigenvalue weighted by molar-refractivity contribution is 6.03. The van der Waals surface area contributed by atoms with Gasteiger partial charge in [-0.1, -0.05) is 48.5 Å². The summed E-state index contributed by atoms with van der Waals surface area (Å²) in [6.07, 6.45) is -0.235. The van der Waals surface area contributed by atoms with Crippen LogP contribution in [0.2, 0.25) is 0 Å². The summed E-state index contributed by atoms with van der Waals surface area (Å²) in [7, 11) is 0. The van der Waals surface area contributed by atoms with Crippen LogP contribution in [0.1, 0.15) is 16.8 Å². The molecule has 1 heterocycles. The maximum Gasteiger partial charge on any atom is 0.311 e. The number of nitrogens with one attached hydrogen (secondary N) is 2. The van der Waals surface area contributed by atoms with Crippen LogP contribution in [-0.2, 0) is 19.1 Å². The van der Waals surface area contributed by atoms with Gasteiger partial charge >= 0.3 is 5.97 Å². The van der Waals surface area contributed by atoms with Crippen LogP contribution < -0.4 is 10.7 Å². The number of rotatable bonds is 7. The van der Waals surface area contributed by atoms with Crippen LogP contribution in [0.5, 0.6) is 0 Å². The van der Waals surface area contributed by atoms with Gasteiger partial charge in [0.05, 0.1) is 17.4 Å². The highest BCUT2D eigenvalue weighted by atomic mass is 16.6. The Hall–Kier alpha value is -4.80. The van der Waals surface area contributed by atoms with E-state index in [-0.39, 0.29) is 18.5 Å². The topological polar surface area (TPSA) is 148 Å². The van der Waals surface area contributed by atoms with Crippen molar-refractivity contribution in [3.63, 3.8) is 0 Å². The largest absolute Gasteiger partial charge is 0.455 e. The lowest BCUT2D eigenvalue weighted by molar-refractivity contribution is -0.385. The van der Waals surface area contributed by atoms with Crippen molar-refractivity contribution in [1.82, 2.24) is 10.4 Å². The average Bonchev–Trinajstić information content (AvgIpc) is 3.22. The van der Waals surface area contributed by atoms with Crippen molar-refractivity contribution in [1.29, 1.82) is 0 Å². The number of fused-ring (bicyclic) bond motifs is 1. The first kappa shape index (κ1) is 23.4. The zero-order valence-corrected chi connectivity index (χ0v) is 18.3. The van der Waals surface area contributed by atoms with E-state index in [0.29, 0.717) is 5.69 Å². The van der Waals surface area contributed by atoms with E-state index >= 15 is 0 Å². The maximum absolute atomic E-state index is 12.5. The summed E-state index contributed by atoms with van der Waals surface area (Å²) in [6.45, 7) is -0.732. The normalized spacial score (nSPS) is 15.0. The van der Waals surface area contributed by atoms with Crippen molar-refractivity contribution in [2.45, 2.75) is 6.42 Å². The lowest BCUT2D eigenvalue weighted by Gasteiger charge is -2.17. The van der Waals surface area contributed by atoms with Crippen LogP contribution in [0, 0.1) is 16.0 Å². The van der Waals surface area contributed by atoms with Crippen LogP contribution >= 0.6 is 0 Å². The molecule has 1 atom stereocenters. The molecule has 3 amide bonds. The molecule has 35 heavy (non-hydrogen) atoms. The lowest BCUT2D eigenvalue weighted by atomic mass is 10.1. The summed E-state index contributed by atoms with van der Waals surface area (Å²) in [5.41, 5.74) is 2.23. The molecule has 0 aromatic heterocycles. The molecule has 11 heteroatoms. The van der Waals surface area contributed by atoms with Gasteiger partial charge in [-0.05, 0) is 17.5 Å². The molecule has 0 aliphatic carbocycles. The molecule has 0 spiro atoms. The van der Waals surface area contributed by atoms with E-state index in [9.17, 15) is 29.3 Å². The van der Waals surface area contributed by atoms with Crippen molar-refractivity contribution >= 4 is 45.8 Å². The molecule has 3 aromatic rings. The Balaban J connectivity index is 1.31. The van der Waals surface area contributed by atoms with Crippen molar-refractivity contribution in [3.8, 4) is 0 Å². The molecule has 0 saturated carbocycles. The third-order valence-corrected chi connectivity index (χ3v) is 5.45. The molecule has 4 rings (SSSR count). The van der Waals surface area contributed by atoms with Gasteiger partial charge in [-0.25, -0.2) is 0 Å². The minimum Gasteiger partial charge on any atom is -0.455 e. The Bertz CT molecular complexity index is 1330. The van der Waals surface area contributed by atoms with Gasteiger partial charge in [0.25, 0.3) is 17.5 Å². The van der Waals surface area contributed by atoms with E-state index in [1.165, 1.54) is 24.3 Å². The first-order chi connectivity index (χ1) is 16.8. The third kappa shape index (κ3) is 5.24. The molecular weight excluding hydrogens is 456 g/mol. The monoisotopic (exact) mass is 476 g/mol. The molecule has 0 bridgehead atoms. The molecule has 3 aromatic carbocycles. The van der Waals surface area contributed by atoms with Gasteiger partial charge in [0.1, 0.15) is 5.56 Å². The summed E-state index contributed by atoms with van der Waals surface area (Å²) >= 11 is 0. The Labute approximate surface area is 198 Å². The second kappa shape index (κ2) is 10.00. The fourth-order valence-corrected chi connectivity index (χ4v) is 3.76. The van der Waals surface area contributed by atoms with E-state index in [2.05, 4.69) is 10.7 Å². The van der Waals surface area contributed by atoms with E-state index in [0.717, 1.165) is 15.8 Å².